The van der Waals surface area contributed by atoms with Crippen molar-refractivity contribution in [2.45, 2.75) is 64.4 Å². The van der Waals surface area contributed by atoms with Crippen molar-refractivity contribution in [3.8, 4) is 17.0 Å². The number of hydrogen-bond donors (Lipinski definition) is 2. The van der Waals surface area contributed by atoms with Crippen molar-refractivity contribution in [3.63, 3.8) is 0 Å². The molecule has 1 saturated heterocycles. The lowest BCUT2D eigenvalue weighted by atomic mass is 9.87. The molecular weight excluding hydrogens is 454 g/mol. The Morgan fingerprint density at radius 3 is 2.67 bits per heavy atom. The molecule has 0 aliphatic carbocycles. The fraction of sp³-hybridized carbons (Fsp3) is 0.464. The second-order valence-electron chi connectivity index (χ2n) is 10.8. The molecular formula is C28H35N5O3. The number of nitrogens with zero attached hydrogens (tertiary/aromatic N) is 4. The van der Waals surface area contributed by atoms with Gasteiger partial charge in [-0.1, -0.05) is 19.9 Å². The van der Waals surface area contributed by atoms with Crippen molar-refractivity contribution in [1.29, 1.82) is 0 Å². The number of piperidine rings is 1. The minimum absolute atomic E-state index is 0.0357. The van der Waals surface area contributed by atoms with E-state index in [2.05, 4.69) is 47.1 Å². The highest BCUT2D eigenvalue weighted by Crippen LogP contribution is 2.39. The highest BCUT2D eigenvalue weighted by atomic mass is 16.5. The largest absolute Gasteiger partial charge is 0.493 e. The van der Waals surface area contributed by atoms with Crippen molar-refractivity contribution < 1.29 is 14.6 Å². The number of aromatic nitrogens is 4. The fourth-order valence-corrected chi connectivity index (χ4v) is 5.44. The number of benzene rings is 1. The van der Waals surface area contributed by atoms with E-state index in [1.165, 1.54) is 22.8 Å². The summed E-state index contributed by atoms with van der Waals surface area (Å²) in [5.41, 5.74) is 5.48. The van der Waals surface area contributed by atoms with Gasteiger partial charge < -0.3 is 19.7 Å². The SMILES string of the molecule is COc1cc(-c2[nH]c3ccc(C4CCN(C(=O)CC(C)(C)O)CC4)cc3c2C(C)C)cn2ncnc12. The molecule has 0 atom stereocenters. The summed E-state index contributed by atoms with van der Waals surface area (Å²) in [5, 5.41) is 15.6. The first-order valence-electron chi connectivity index (χ1n) is 12.7. The van der Waals surface area contributed by atoms with Gasteiger partial charge in [-0.2, -0.15) is 5.10 Å². The number of aromatic amines is 1. The molecule has 0 unspecified atom stereocenters. The number of ether oxygens (including phenoxy) is 1. The van der Waals surface area contributed by atoms with Gasteiger partial charge in [0.2, 0.25) is 5.91 Å². The molecule has 8 heteroatoms. The maximum Gasteiger partial charge on any atom is 0.225 e. The number of methoxy groups -OCH3 is 1. The highest BCUT2D eigenvalue weighted by Gasteiger charge is 2.28. The van der Waals surface area contributed by atoms with Gasteiger partial charge in [-0.3, -0.25) is 4.79 Å². The average Bonchev–Trinajstić information content (AvgIpc) is 3.46. The molecule has 36 heavy (non-hydrogen) atoms. The number of hydrogen-bond acceptors (Lipinski definition) is 5. The first-order chi connectivity index (χ1) is 17.1. The van der Waals surface area contributed by atoms with Gasteiger partial charge in [-0.15, -0.1) is 0 Å². The molecule has 0 saturated carbocycles. The number of carbonyl (C=O) groups excluding carboxylic acids is 1. The first-order valence-corrected chi connectivity index (χ1v) is 12.7. The smallest absolute Gasteiger partial charge is 0.225 e. The predicted octanol–water partition coefficient (Wildman–Crippen LogP) is 4.88. The normalized spacial score (nSPS) is 15.4. The molecule has 8 nitrogen and oxygen atoms in total. The van der Waals surface area contributed by atoms with E-state index in [0.29, 0.717) is 23.2 Å². The number of H-pyrrole nitrogens is 1. The van der Waals surface area contributed by atoms with Gasteiger partial charge in [0.25, 0.3) is 0 Å². The fourth-order valence-electron chi connectivity index (χ4n) is 5.44. The van der Waals surface area contributed by atoms with Gasteiger partial charge in [0.1, 0.15) is 6.33 Å². The molecule has 1 aliphatic heterocycles. The Morgan fingerprint density at radius 2 is 2.00 bits per heavy atom. The molecule has 3 aromatic heterocycles. The average molecular weight is 490 g/mol. The van der Waals surface area contributed by atoms with Crippen molar-refractivity contribution >= 4 is 22.5 Å². The zero-order valence-electron chi connectivity index (χ0n) is 21.7. The summed E-state index contributed by atoms with van der Waals surface area (Å²) in [5.74, 6) is 1.44. The van der Waals surface area contributed by atoms with E-state index in [1.54, 1.807) is 25.5 Å². The van der Waals surface area contributed by atoms with Crippen molar-refractivity contribution in [2.75, 3.05) is 20.2 Å². The molecule has 4 heterocycles. The van der Waals surface area contributed by atoms with Gasteiger partial charge in [-0.25, -0.2) is 9.50 Å². The van der Waals surface area contributed by atoms with Gasteiger partial charge in [-0.05, 0) is 67.9 Å². The molecule has 1 fully saturated rings. The molecule has 0 bridgehead atoms. The second-order valence-corrected chi connectivity index (χ2v) is 10.8. The van der Waals surface area contributed by atoms with Crippen LogP contribution in [0.15, 0.2) is 36.8 Å². The monoisotopic (exact) mass is 489 g/mol. The summed E-state index contributed by atoms with van der Waals surface area (Å²) in [6.45, 7) is 9.26. The molecule has 190 valence electrons. The van der Waals surface area contributed by atoms with Crippen LogP contribution in [0.1, 0.15) is 69.9 Å². The molecule has 1 amide bonds. The molecule has 1 aromatic carbocycles. The van der Waals surface area contributed by atoms with Gasteiger partial charge in [0.15, 0.2) is 11.4 Å². The van der Waals surface area contributed by atoms with Gasteiger partial charge in [0, 0.05) is 35.8 Å². The van der Waals surface area contributed by atoms with E-state index in [1.807, 2.05) is 17.2 Å². The van der Waals surface area contributed by atoms with Crippen LogP contribution in [0.4, 0.5) is 0 Å². The molecule has 0 radical (unpaired) electrons. The number of fused-ring (bicyclic) bond motifs is 2. The van der Waals surface area contributed by atoms with Crippen LogP contribution >= 0.6 is 0 Å². The number of rotatable bonds is 6. The van der Waals surface area contributed by atoms with E-state index < -0.39 is 5.60 Å². The quantitative estimate of drug-likeness (QED) is 0.403. The topological polar surface area (TPSA) is 95.8 Å². The zero-order valence-corrected chi connectivity index (χ0v) is 21.7. The van der Waals surface area contributed by atoms with Crippen LogP contribution in [0.2, 0.25) is 0 Å². The summed E-state index contributed by atoms with van der Waals surface area (Å²) in [6, 6.07) is 8.74. The highest BCUT2D eigenvalue weighted by molar-refractivity contribution is 5.92. The number of carbonyl (C=O) groups is 1. The third kappa shape index (κ3) is 4.57. The summed E-state index contributed by atoms with van der Waals surface area (Å²) < 4.78 is 7.35. The second kappa shape index (κ2) is 9.24. The summed E-state index contributed by atoms with van der Waals surface area (Å²) in [4.78, 5) is 22.4. The van der Waals surface area contributed by atoms with Gasteiger partial charge in [0.05, 0.1) is 24.8 Å². The molecule has 0 spiro atoms. The van der Waals surface area contributed by atoms with Crippen LogP contribution in [-0.4, -0.2) is 61.3 Å². The van der Waals surface area contributed by atoms with Crippen LogP contribution in [0.3, 0.4) is 0 Å². The van der Waals surface area contributed by atoms with Crippen LogP contribution in [0, 0.1) is 0 Å². The maximum atomic E-state index is 12.5. The Hall–Kier alpha value is -3.39. The van der Waals surface area contributed by atoms with Gasteiger partial charge >= 0.3 is 0 Å². The maximum absolute atomic E-state index is 12.5. The summed E-state index contributed by atoms with van der Waals surface area (Å²) in [6.07, 6.45) is 5.54. The van der Waals surface area contributed by atoms with E-state index in [0.717, 1.165) is 42.7 Å². The Balaban J connectivity index is 1.46. The molecule has 1 aliphatic rings. The predicted molar refractivity (Wildman–Crippen MR) is 140 cm³/mol. The Kier molecular flexibility index (Phi) is 6.24. The molecule has 2 N–H and O–H groups in total. The summed E-state index contributed by atoms with van der Waals surface area (Å²) >= 11 is 0. The lowest BCUT2D eigenvalue weighted by Gasteiger charge is -2.33. The zero-order chi connectivity index (χ0) is 25.6. The standard InChI is InChI=1S/C28H35N5O3/c1-17(2)25-21-12-19(18-8-10-32(11-9-18)24(34)14-28(3,4)35)6-7-22(21)31-26(25)20-13-23(36-5)27-29-16-30-33(27)15-20/h6-7,12-13,15-18,31,35H,8-11,14H2,1-5H3. The van der Waals surface area contributed by atoms with E-state index >= 15 is 0 Å². The Bertz CT molecular complexity index is 1400. The lowest BCUT2D eigenvalue weighted by molar-refractivity contribution is -0.136. The van der Waals surface area contributed by atoms with Crippen molar-refractivity contribution in [3.05, 3.63) is 47.9 Å². The third-order valence-electron chi connectivity index (χ3n) is 7.19. The van der Waals surface area contributed by atoms with E-state index in [4.69, 9.17) is 4.74 Å². The van der Waals surface area contributed by atoms with Crippen LogP contribution in [-0.2, 0) is 4.79 Å². The minimum Gasteiger partial charge on any atom is -0.493 e. The summed E-state index contributed by atoms with van der Waals surface area (Å²) in [7, 11) is 1.65. The van der Waals surface area contributed by atoms with Crippen LogP contribution < -0.4 is 4.74 Å². The number of pyridine rings is 1. The Morgan fingerprint density at radius 1 is 1.25 bits per heavy atom. The first kappa shape index (κ1) is 24.3. The number of likely N-dealkylation sites (tertiary alicyclic amines) is 1. The minimum atomic E-state index is -0.972. The third-order valence-corrected chi connectivity index (χ3v) is 7.19. The van der Waals surface area contributed by atoms with Crippen LogP contribution in [0.25, 0.3) is 27.8 Å². The Labute approximate surface area is 211 Å². The van der Waals surface area contributed by atoms with Crippen molar-refractivity contribution in [1.82, 2.24) is 24.5 Å². The van der Waals surface area contributed by atoms with E-state index in [-0.39, 0.29) is 12.3 Å². The van der Waals surface area contributed by atoms with E-state index in [9.17, 15) is 9.90 Å². The molecule has 4 aromatic rings. The number of amides is 1. The van der Waals surface area contributed by atoms with Crippen LogP contribution in [0.5, 0.6) is 5.75 Å². The lowest BCUT2D eigenvalue weighted by Crippen LogP contribution is -2.41. The van der Waals surface area contributed by atoms with Crippen molar-refractivity contribution in [2.24, 2.45) is 0 Å². The molecule has 5 rings (SSSR count). The number of nitrogens with one attached hydrogen (secondary N) is 1. The number of aliphatic hydroxyl groups is 1.